The maximum atomic E-state index is 14.6. The van der Waals surface area contributed by atoms with Crippen molar-refractivity contribution in [3.05, 3.63) is 58.1 Å². The molecule has 2 aromatic rings. The van der Waals surface area contributed by atoms with E-state index in [2.05, 4.69) is 31.2 Å². The van der Waals surface area contributed by atoms with Crippen LogP contribution in [0.4, 0.5) is 18.9 Å². The van der Waals surface area contributed by atoms with E-state index < -0.39 is 41.7 Å². The van der Waals surface area contributed by atoms with Crippen LogP contribution in [0.5, 0.6) is 0 Å². The number of pyridine rings is 1. The lowest BCUT2D eigenvalue weighted by atomic mass is 9.84. The molecule has 0 spiro atoms. The highest BCUT2D eigenvalue weighted by atomic mass is 79.9. The van der Waals surface area contributed by atoms with E-state index in [9.17, 15) is 18.0 Å². The predicted molar refractivity (Wildman–Crippen MR) is 98.6 cm³/mol. The number of carbonyl (C=O) groups excluding carboxylic acids is 1. The van der Waals surface area contributed by atoms with Gasteiger partial charge in [0, 0.05) is 27.8 Å². The van der Waals surface area contributed by atoms with Gasteiger partial charge in [-0.2, -0.15) is 0 Å². The predicted octanol–water partition coefficient (Wildman–Crippen LogP) is 3.43. The number of rotatable bonds is 4. The Balaban J connectivity index is 1.70. The third-order valence-electron chi connectivity index (χ3n) is 4.81. The number of alkyl halides is 2. The summed E-state index contributed by atoms with van der Waals surface area (Å²) in [7, 11) is 0. The molecule has 1 aromatic carbocycles. The Morgan fingerprint density at radius 2 is 2.14 bits per heavy atom. The number of fused-ring (bicyclic) bond motifs is 1. The van der Waals surface area contributed by atoms with E-state index in [-0.39, 0.29) is 16.9 Å². The van der Waals surface area contributed by atoms with Gasteiger partial charge in [-0.05, 0) is 52.7 Å². The third-order valence-corrected chi connectivity index (χ3v) is 5.28. The van der Waals surface area contributed by atoms with Gasteiger partial charge in [-0.25, -0.2) is 23.1 Å². The fourth-order valence-corrected chi connectivity index (χ4v) is 3.65. The summed E-state index contributed by atoms with van der Waals surface area (Å²) in [6.07, 6.45) is -1.77. The fraction of sp³-hybridized carbons (Fsp3) is 0.278. The van der Waals surface area contributed by atoms with Gasteiger partial charge >= 0.3 is 0 Å². The van der Waals surface area contributed by atoms with Crippen LogP contribution in [-0.2, 0) is 10.3 Å². The van der Waals surface area contributed by atoms with Crippen LogP contribution >= 0.6 is 15.9 Å². The van der Waals surface area contributed by atoms with Gasteiger partial charge in [-0.1, -0.05) is 0 Å². The van der Waals surface area contributed by atoms with Crippen molar-refractivity contribution in [1.29, 1.82) is 0 Å². The smallest absolute Gasteiger partial charge is 0.283 e. The summed E-state index contributed by atoms with van der Waals surface area (Å²) in [5, 5.41) is 2.54. The zero-order valence-electron chi connectivity index (χ0n) is 14.2. The number of ether oxygens (including phenoxy) is 1. The monoisotopic (exact) mass is 454 g/mol. The SMILES string of the molecule is NC1=N[C@@](c2cc(NC(=O)c3ccc(Br)cn3)ccc2F)(C(F)F)C2C[C@H]2O1. The Hall–Kier alpha value is -2.62. The Labute approximate surface area is 166 Å². The maximum Gasteiger partial charge on any atom is 0.283 e. The number of hydrogen-bond acceptors (Lipinski definition) is 5. The number of amides is 1. The molecule has 3 N–H and O–H groups in total. The van der Waals surface area contributed by atoms with Crippen molar-refractivity contribution < 1.29 is 22.7 Å². The first-order chi connectivity index (χ1) is 13.3. The Bertz CT molecular complexity index is 970. The number of hydrogen-bond donors (Lipinski definition) is 2. The van der Waals surface area contributed by atoms with Crippen molar-refractivity contribution >= 4 is 33.5 Å². The van der Waals surface area contributed by atoms with E-state index in [4.69, 9.17) is 10.5 Å². The zero-order chi connectivity index (χ0) is 20.1. The number of carbonyl (C=O) groups is 1. The minimum Gasteiger partial charge on any atom is -0.462 e. The topological polar surface area (TPSA) is 89.6 Å². The van der Waals surface area contributed by atoms with Crippen molar-refractivity contribution in [3.63, 3.8) is 0 Å². The summed E-state index contributed by atoms with van der Waals surface area (Å²) < 4.78 is 48.6. The van der Waals surface area contributed by atoms with Gasteiger partial charge < -0.3 is 15.8 Å². The van der Waals surface area contributed by atoms with Gasteiger partial charge in [0.25, 0.3) is 18.4 Å². The van der Waals surface area contributed by atoms with Crippen molar-refractivity contribution in [2.75, 3.05) is 5.32 Å². The number of aromatic nitrogens is 1. The highest BCUT2D eigenvalue weighted by molar-refractivity contribution is 9.10. The van der Waals surface area contributed by atoms with E-state index in [1.165, 1.54) is 18.3 Å². The Morgan fingerprint density at radius 1 is 1.36 bits per heavy atom. The van der Waals surface area contributed by atoms with E-state index >= 15 is 0 Å². The number of halogens is 4. The second-order valence-corrected chi connectivity index (χ2v) is 7.50. The molecule has 0 radical (unpaired) electrons. The number of nitrogens with one attached hydrogen (secondary N) is 1. The molecule has 28 heavy (non-hydrogen) atoms. The molecule has 1 aliphatic carbocycles. The molecule has 6 nitrogen and oxygen atoms in total. The fourth-order valence-electron chi connectivity index (χ4n) is 3.42. The molecule has 10 heteroatoms. The van der Waals surface area contributed by atoms with Crippen LogP contribution in [0.2, 0.25) is 0 Å². The summed E-state index contributed by atoms with van der Waals surface area (Å²) in [6.45, 7) is 0. The molecule has 3 atom stereocenters. The van der Waals surface area contributed by atoms with E-state index in [1.807, 2.05) is 0 Å². The first-order valence-electron chi connectivity index (χ1n) is 8.34. The van der Waals surface area contributed by atoms with E-state index in [1.54, 1.807) is 6.07 Å². The molecule has 1 fully saturated rings. The van der Waals surface area contributed by atoms with Crippen molar-refractivity contribution in [2.24, 2.45) is 16.6 Å². The molecule has 1 aromatic heterocycles. The minimum atomic E-state index is -3.00. The van der Waals surface area contributed by atoms with Crippen molar-refractivity contribution in [3.8, 4) is 0 Å². The molecule has 0 bridgehead atoms. The van der Waals surface area contributed by atoms with E-state index in [0.29, 0.717) is 10.9 Å². The van der Waals surface area contributed by atoms with Crippen LogP contribution in [-0.4, -0.2) is 29.4 Å². The van der Waals surface area contributed by atoms with Crippen LogP contribution in [0.3, 0.4) is 0 Å². The molecule has 0 saturated heterocycles. The summed E-state index contributed by atoms with van der Waals surface area (Å²) >= 11 is 3.22. The van der Waals surface area contributed by atoms with Gasteiger partial charge in [0.2, 0.25) is 0 Å². The summed E-state index contributed by atoms with van der Waals surface area (Å²) in [5.74, 6) is -2.10. The van der Waals surface area contributed by atoms with Gasteiger partial charge in [0.1, 0.15) is 17.6 Å². The Kier molecular flexibility index (Phi) is 4.53. The van der Waals surface area contributed by atoms with Gasteiger partial charge in [-0.3, -0.25) is 4.79 Å². The highest BCUT2D eigenvalue weighted by Gasteiger charge is 2.64. The molecular formula is C18H14BrF3N4O2. The molecule has 1 aliphatic heterocycles. The number of amidine groups is 1. The van der Waals surface area contributed by atoms with Gasteiger partial charge in [0.05, 0.1) is 0 Å². The van der Waals surface area contributed by atoms with Crippen LogP contribution in [0.15, 0.2) is 46.0 Å². The molecule has 1 saturated carbocycles. The van der Waals surface area contributed by atoms with Crippen LogP contribution in [0.25, 0.3) is 0 Å². The van der Waals surface area contributed by atoms with Crippen LogP contribution < -0.4 is 11.1 Å². The average molecular weight is 455 g/mol. The summed E-state index contributed by atoms with van der Waals surface area (Å²) in [4.78, 5) is 20.1. The average Bonchev–Trinajstić information content (AvgIpc) is 3.42. The van der Waals surface area contributed by atoms with E-state index in [0.717, 1.165) is 12.1 Å². The third kappa shape index (κ3) is 3.11. The summed E-state index contributed by atoms with van der Waals surface area (Å²) in [6, 6.07) is 6.19. The molecule has 4 rings (SSSR count). The number of aliphatic imine (C=N–C) groups is 1. The highest BCUT2D eigenvalue weighted by Crippen LogP contribution is 2.56. The largest absolute Gasteiger partial charge is 0.462 e. The van der Waals surface area contributed by atoms with Crippen LogP contribution in [0, 0.1) is 11.7 Å². The maximum absolute atomic E-state index is 14.6. The van der Waals surface area contributed by atoms with Crippen molar-refractivity contribution in [2.45, 2.75) is 24.5 Å². The lowest BCUT2D eigenvalue weighted by Crippen LogP contribution is -2.43. The normalized spacial score (nSPS) is 25.5. The minimum absolute atomic E-state index is 0.119. The standard InChI is InChI=1S/C18H14BrF3N4O2/c19-8-1-4-13(24-7-8)15(27)25-9-2-3-12(20)10(5-9)18(16(21)22)11-6-14(11)28-17(23)26-18/h1-5,7,11,14,16H,6H2,(H2,23,26)(H,25,27)/t11?,14-,18-/m1/s1. The van der Waals surface area contributed by atoms with Crippen LogP contribution in [0.1, 0.15) is 22.5 Å². The molecule has 1 unspecified atom stereocenters. The van der Waals surface area contributed by atoms with Crippen molar-refractivity contribution in [1.82, 2.24) is 4.98 Å². The quantitative estimate of drug-likeness (QED) is 0.740. The number of nitrogens with two attached hydrogens (primary N) is 1. The lowest BCUT2D eigenvalue weighted by molar-refractivity contribution is 0.0177. The zero-order valence-corrected chi connectivity index (χ0v) is 15.8. The molecule has 1 amide bonds. The molecular weight excluding hydrogens is 441 g/mol. The van der Waals surface area contributed by atoms with Gasteiger partial charge in [0.15, 0.2) is 5.54 Å². The second kappa shape index (κ2) is 6.77. The number of nitrogens with zero attached hydrogens (tertiary/aromatic N) is 2. The second-order valence-electron chi connectivity index (χ2n) is 6.58. The molecule has 2 heterocycles. The molecule has 146 valence electrons. The first-order valence-corrected chi connectivity index (χ1v) is 9.13. The number of benzene rings is 1. The molecule has 2 aliphatic rings. The lowest BCUT2D eigenvalue weighted by Gasteiger charge is -2.33. The first kappa shape index (κ1) is 18.7. The Morgan fingerprint density at radius 3 is 2.82 bits per heavy atom. The number of anilines is 1. The summed E-state index contributed by atoms with van der Waals surface area (Å²) in [5.41, 5.74) is 3.33. The van der Waals surface area contributed by atoms with Gasteiger partial charge in [-0.15, -0.1) is 0 Å².